The van der Waals surface area contributed by atoms with Gasteiger partial charge >= 0.3 is 5.69 Å². The number of piperidine rings is 1. The van der Waals surface area contributed by atoms with E-state index in [2.05, 4.69) is 36.5 Å². The topological polar surface area (TPSA) is 189 Å². The number of halogens is 2. The Hall–Kier alpha value is -3.65. The summed E-state index contributed by atoms with van der Waals surface area (Å²) in [6.07, 6.45) is 1.69. The molecule has 0 aliphatic carbocycles. The molecule has 1 saturated heterocycles. The molecule has 0 radical (unpaired) electrons. The first-order valence-electron chi connectivity index (χ1n) is 10.4. The van der Waals surface area contributed by atoms with Gasteiger partial charge in [-0.2, -0.15) is 4.98 Å². The van der Waals surface area contributed by atoms with Crippen molar-refractivity contribution in [2.75, 3.05) is 32.1 Å². The Kier molecular flexibility index (Phi) is 6.67. The van der Waals surface area contributed by atoms with Crippen LogP contribution in [0, 0.1) is 11.7 Å². The van der Waals surface area contributed by atoms with E-state index in [1.807, 2.05) is 0 Å². The van der Waals surface area contributed by atoms with Gasteiger partial charge in [-0.25, -0.2) is 9.18 Å². The lowest BCUT2D eigenvalue weighted by Gasteiger charge is -2.24. The van der Waals surface area contributed by atoms with Crippen molar-refractivity contribution in [1.82, 2.24) is 15.3 Å². The lowest BCUT2D eigenvalue weighted by atomic mass is 9.99. The molecule has 12 nitrogen and oxygen atoms in total. The van der Waals surface area contributed by atoms with Gasteiger partial charge in [0.2, 0.25) is 11.5 Å². The molecule has 1 aliphatic rings. The van der Waals surface area contributed by atoms with E-state index in [9.17, 15) is 34.7 Å². The van der Waals surface area contributed by atoms with Crippen LogP contribution in [0.3, 0.4) is 0 Å². The van der Waals surface area contributed by atoms with Crippen LogP contribution in [-0.4, -0.2) is 62.3 Å². The molecule has 3 aromatic rings. The maximum absolute atomic E-state index is 14.7. The first-order valence-corrected chi connectivity index (χ1v) is 11.2. The maximum atomic E-state index is 14.7. The third-order valence-electron chi connectivity index (χ3n) is 5.72. The van der Waals surface area contributed by atoms with E-state index in [1.54, 1.807) is 0 Å². The highest BCUT2D eigenvalue weighted by molar-refractivity contribution is 9.10. The smallest absolute Gasteiger partial charge is 0.347 e. The number of methoxy groups -OCH3 is 1. The molecule has 8 N–H and O–H groups in total. The number of hydrogen-bond donors (Lipinski definition) is 8. The number of anilines is 2. The standard InChI is InChI=1S/C21H22BrFN4O8/c1-34-18-13(28)8-11(17(32)19(18)35-6-7-2-4-24-5-3-7)26-21(33)27-20(8)25-12-10(23)14(29)9(22)15(30)16(12)31/h7,24,28-32H,2-6H2,1H3,(H2,25,26,27,33). The summed E-state index contributed by atoms with van der Waals surface area (Å²) >= 11 is 2.74. The fraction of sp³-hybridized carbons (Fsp3) is 0.333. The number of rotatable bonds is 6. The minimum atomic E-state index is -1.39. The van der Waals surface area contributed by atoms with E-state index in [0.29, 0.717) is 0 Å². The van der Waals surface area contributed by atoms with Gasteiger partial charge in [0, 0.05) is 0 Å². The Morgan fingerprint density at radius 3 is 2.40 bits per heavy atom. The zero-order valence-corrected chi connectivity index (χ0v) is 19.9. The Balaban J connectivity index is 1.85. The van der Waals surface area contributed by atoms with Crippen molar-refractivity contribution in [2.45, 2.75) is 12.8 Å². The molecule has 2 aromatic carbocycles. The SMILES string of the molecule is COc1c(OCC2CCNCC2)c(O)c2[nH]c(=O)nc(Nc3c(O)c(O)c(Br)c(O)c3F)c2c1O. The highest BCUT2D eigenvalue weighted by Gasteiger charge is 2.28. The second-order valence-corrected chi connectivity index (χ2v) is 8.67. The van der Waals surface area contributed by atoms with Crippen LogP contribution in [-0.2, 0) is 0 Å². The van der Waals surface area contributed by atoms with Crippen molar-refractivity contribution >= 4 is 38.3 Å². The Morgan fingerprint density at radius 1 is 1.06 bits per heavy atom. The van der Waals surface area contributed by atoms with Crippen LogP contribution in [0.2, 0.25) is 0 Å². The summed E-state index contributed by atoms with van der Waals surface area (Å²) in [7, 11) is 1.22. The normalized spacial score (nSPS) is 14.3. The summed E-state index contributed by atoms with van der Waals surface area (Å²) in [5.41, 5.74) is -2.15. The van der Waals surface area contributed by atoms with Gasteiger partial charge < -0.3 is 50.6 Å². The third-order valence-corrected chi connectivity index (χ3v) is 6.47. The highest BCUT2D eigenvalue weighted by atomic mass is 79.9. The van der Waals surface area contributed by atoms with Gasteiger partial charge in [-0.3, -0.25) is 0 Å². The maximum Gasteiger partial charge on any atom is 0.347 e. The molecule has 0 saturated carbocycles. The van der Waals surface area contributed by atoms with Gasteiger partial charge in [0.15, 0.2) is 34.6 Å². The van der Waals surface area contributed by atoms with Crippen LogP contribution in [0.1, 0.15) is 12.8 Å². The van der Waals surface area contributed by atoms with Crippen molar-refractivity contribution in [3.8, 4) is 40.2 Å². The predicted octanol–water partition coefficient (Wildman–Crippen LogP) is 2.48. The molecule has 0 unspecified atom stereocenters. The average Bonchev–Trinajstić information content (AvgIpc) is 2.85. The minimum absolute atomic E-state index is 0.190. The number of H-pyrrole nitrogens is 1. The molecule has 14 heteroatoms. The van der Waals surface area contributed by atoms with Gasteiger partial charge in [0.05, 0.1) is 19.1 Å². The van der Waals surface area contributed by atoms with Gasteiger partial charge in [0.25, 0.3) is 0 Å². The molecule has 4 rings (SSSR count). The minimum Gasteiger partial charge on any atom is -0.504 e. The third kappa shape index (κ3) is 4.30. The van der Waals surface area contributed by atoms with Crippen LogP contribution in [0.4, 0.5) is 15.9 Å². The molecule has 2 heterocycles. The molecule has 1 aliphatic heterocycles. The van der Waals surface area contributed by atoms with E-state index in [1.165, 1.54) is 7.11 Å². The van der Waals surface area contributed by atoms with Crippen LogP contribution in [0.5, 0.6) is 40.2 Å². The van der Waals surface area contributed by atoms with Crippen LogP contribution >= 0.6 is 15.9 Å². The van der Waals surface area contributed by atoms with Crippen LogP contribution in [0.15, 0.2) is 9.27 Å². The molecule has 0 spiro atoms. The van der Waals surface area contributed by atoms with Gasteiger partial charge in [-0.1, -0.05) is 0 Å². The average molecular weight is 557 g/mol. The predicted molar refractivity (Wildman–Crippen MR) is 126 cm³/mol. The van der Waals surface area contributed by atoms with Crippen LogP contribution < -0.4 is 25.8 Å². The number of hydrogen-bond acceptors (Lipinski definition) is 11. The monoisotopic (exact) mass is 556 g/mol. The van der Waals surface area contributed by atoms with E-state index in [0.717, 1.165) is 25.9 Å². The fourth-order valence-corrected chi connectivity index (χ4v) is 4.23. The summed E-state index contributed by atoms with van der Waals surface area (Å²) in [4.78, 5) is 18.2. The highest BCUT2D eigenvalue weighted by Crippen LogP contribution is 2.52. The molecule has 1 aromatic heterocycles. The molecule has 0 bridgehead atoms. The number of fused-ring (bicyclic) bond motifs is 1. The quantitative estimate of drug-likeness (QED) is 0.164. The van der Waals surface area contributed by atoms with Crippen molar-refractivity contribution in [3.63, 3.8) is 0 Å². The Morgan fingerprint density at radius 2 is 1.74 bits per heavy atom. The number of aromatic hydroxyl groups is 5. The van der Waals surface area contributed by atoms with E-state index in [4.69, 9.17) is 9.47 Å². The number of ether oxygens (including phenoxy) is 2. The van der Waals surface area contributed by atoms with Crippen molar-refractivity contribution in [1.29, 1.82) is 0 Å². The van der Waals surface area contributed by atoms with Crippen molar-refractivity contribution in [3.05, 3.63) is 20.8 Å². The second kappa shape index (κ2) is 9.54. The van der Waals surface area contributed by atoms with Crippen LogP contribution in [0.25, 0.3) is 10.9 Å². The number of phenols is 5. The van der Waals surface area contributed by atoms with Crippen molar-refractivity contribution < 1.29 is 39.4 Å². The molecule has 0 amide bonds. The molecule has 188 valence electrons. The number of benzene rings is 2. The Labute approximate surface area is 205 Å². The molecular weight excluding hydrogens is 535 g/mol. The number of nitrogens with zero attached hydrogens (tertiary/aromatic N) is 1. The number of phenolic OH excluding ortho intramolecular Hbond substituents is 5. The summed E-state index contributed by atoms with van der Waals surface area (Å²) in [6, 6.07) is 0. The zero-order chi connectivity index (χ0) is 25.4. The second-order valence-electron chi connectivity index (χ2n) is 7.88. The van der Waals surface area contributed by atoms with E-state index >= 15 is 0 Å². The molecule has 1 fully saturated rings. The van der Waals surface area contributed by atoms with Gasteiger partial charge in [-0.05, 0) is 47.8 Å². The fourth-order valence-electron chi connectivity index (χ4n) is 3.87. The van der Waals surface area contributed by atoms with Gasteiger partial charge in [0.1, 0.15) is 21.5 Å². The van der Waals surface area contributed by atoms with Gasteiger partial charge in [-0.15, -0.1) is 0 Å². The number of aromatic amines is 1. The van der Waals surface area contributed by atoms with E-state index < -0.39 is 56.2 Å². The van der Waals surface area contributed by atoms with E-state index in [-0.39, 0.29) is 34.9 Å². The number of nitrogens with one attached hydrogen (secondary N) is 3. The molecular formula is C21H22BrFN4O8. The summed E-state index contributed by atoms with van der Waals surface area (Å²) < 4.78 is 25.2. The first kappa shape index (κ1) is 24.5. The zero-order valence-electron chi connectivity index (χ0n) is 18.3. The molecule has 0 atom stereocenters. The molecule has 35 heavy (non-hydrogen) atoms. The Bertz CT molecular complexity index is 1330. The van der Waals surface area contributed by atoms with Crippen molar-refractivity contribution in [2.24, 2.45) is 5.92 Å². The number of aromatic nitrogens is 2. The summed E-state index contributed by atoms with van der Waals surface area (Å²) in [5, 5.41) is 57.0. The lowest BCUT2D eigenvalue weighted by molar-refractivity contribution is 0.201. The first-order chi connectivity index (χ1) is 16.6. The lowest BCUT2D eigenvalue weighted by Crippen LogP contribution is -2.30. The summed E-state index contributed by atoms with van der Waals surface area (Å²) in [6.45, 7) is 1.85. The largest absolute Gasteiger partial charge is 0.504 e. The summed E-state index contributed by atoms with van der Waals surface area (Å²) in [5.74, 6) is -6.32.